The second kappa shape index (κ2) is 4.91. The SMILES string of the molecule is CC1(C)CN(Cc2ccc3ccccc3n2)CCN1. The molecular formula is C16H21N3. The molecule has 3 nitrogen and oxygen atoms in total. The van der Waals surface area contributed by atoms with Crippen molar-refractivity contribution in [3.63, 3.8) is 0 Å². The number of nitrogens with one attached hydrogen (secondary N) is 1. The Morgan fingerprint density at radius 2 is 2.05 bits per heavy atom. The van der Waals surface area contributed by atoms with E-state index in [4.69, 9.17) is 4.98 Å². The Kier molecular flexibility index (Phi) is 3.25. The summed E-state index contributed by atoms with van der Waals surface area (Å²) in [5, 5.41) is 4.76. The Balaban J connectivity index is 1.77. The number of para-hydroxylation sites is 1. The van der Waals surface area contributed by atoms with Crippen molar-refractivity contribution >= 4 is 10.9 Å². The number of benzene rings is 1. The Morgan fingerprint density at radius 1 is 1.21 bits per heavy atom. The number of piperazine rings is 1. The number of hydrogen-bond acceptors (Lipinski definition) is 3. The van der Waals surface area contributed by atoms with Crippen molar-refractivity contribution in [1.29, 1.82) is 0 Å². The lowest BCUT2D eigenvalue weighted by Crippen LogP contribution is -2.56. The van der Waals surface area contributed by atoms with Gasteiger partial charge in [-0.05, 0) is 26.0 Å². The van der Waals surface area contributed by atoms with Gasteiger partial charge in [-0.3, -0.25) is 9.88 Å². The minimum absolute atomic E-state index is 0.203. The molecule has 2 heterocycles. The molecule has 100 valence electrons. The van der Waals surface area contributed by atoms with E-state index in [-0.39, 0.29) is 5.54 Å². The van der Waals surface area contributed by atoms with E-state index in [2.05, 4.69) is 54.4 Å². The molecular weight excluding hydrogens is 234 g/mol. The first kappa shape index (κ1) is 12.6. The summed E-state index contributed by atoms with van der Waals surface area (Å²) in [7, 11) is 0. The average molecular weight is 255 g/mol. The maximum absolute atomic E-state index is 4.76. The van der Waals surface area contributed by atoms with Crippen LogP contribution >= 0.6 is 0 Å². The fraction of sp³-hybridized carbons (Fsp3) is 0.438. The van der Waals surface area contributed by atoms with Gasteiger partial charge in [0.15, 0.2) is 0 Å². The zero-order valence-corrected chi connectivity index (χ0v) is 11.7. The minimum atomic E-state index is 0.203. The van der Waals surface area contributed by atoms with E-state index in [0.29, 0.717) is 0 Å². The molecule has 3 rings (SSSR count). The van der Waals surface area contributed by atoms with E-state index in [1.54, 1.807) is 0 Å². The molecule has 3 heteroatoms. The summed E-state index contributed by atoms with van der Waals surface area (Å²) < 4.78 is 0. The lowest BCUT2D eigenvalue weighted by Gasteiger charge is -2.39. The van der Waals surface area contributed by atoms with Crippen molar-refractivity contribution in [2.75, 3.05) is 19.6 Å². The molecule has 0 spiro atoms. The third kappa shape index (κ3) is 2.94. The summed E-state index contributed by atoms with van der Waals surface area (Å²) in [6, 6.07) is 12.6. The largest absolute Gasteiger partial charge is 0.309 e. The van der Waals surface area contributed by atoms with Crippen LogP contribution in [0.3, 0.4) is 0 Å². The van der Waals surface area contributed by atoms with Gasteiger partial charge in [-0.1, -0.05) is 24.3 Å². The van der Waals surface area contributed by atoms with Gasteiger partial charge in [0, 0.05) is 37.1 Å². The highest BCUT2D eigenvalue weighted by Gasteiger charge is 2.25. The van der Waals surface area contributed by atoms with Gasteiger partial charge in [-0.2, -0.15) is 0 Å². The predicted octanol–water partition coefficient (Wildman–Crippen LogP) is 2.42. The summed E-state index contributed by atoms with van der Waals surface area (Å²) in [6.45, 7) is 8.68. The fourth-order valence-electron chi connectivity index (χ4n) is 2.81. The van der Waals surface area contributed by atoms with E-state index in [9.17, 15) is 0 Å². The van der Waals surface area contributed by atoms with Gasteiger partial charge in [0.05, 0.1) is 11.2 Å². The Labute approximate surface area is 114 Å². The molecule has 0 bridgehead atoms. The van der Waals surface area contributed by atoms with Crippen LogP contribution in [-0.2, 0) is 6.54 Å². The van der Waals surface area contributed by atoms with Crippen molar-refractivity contribution in [1.82, 2.24) is 15.2 Å². The van der Waals surface area contributed by atoms with Gasteiger partial charge in [0.25, 0.3) is 0 Å². The van der Waals surface area contributed by atoms with Gasteiger partial charge in [-0.15, -0.1) is 0 Å². The highest BCUT2D eigenvalue weighted by molar-refractivity contribution is 5.78. The fourth-order valence-corrected chi connectivity index (χ4v) is 2.81. The van der Waals surface area contributed by atoms with Crippen molar-refractivity contribution in [2.45, 2.75) is 25.9 Å². The molecule has 1 aliphatic heterocycles. The molecule has 1 aromatic heterocycles. The number of rotatable bonds is 2. The average Bonchev–Trinajstić information content (AvgIpc) is 2.37. The molecule has 1 saturated heterocycles. The molecule has 0 unspecified atom stereocenters. The molecule has 2 aromatic rings. The van der Waals surface area contributed by atoms with Crippen LogP contribution in [0.2, 0.25) is 0 Å². The topological polar surface area (TPSA) is 28.2 Å². The van der Waals surface area contributed by atoms with Crippen LogP contribution in [0.4, 0.5) is 0 Å². The maximum Gasteiger partial charge on any atom is 0.0705 e. The summed E-state index contributed by atoms with van der Waals surface area (Å²) in [6.07, 6.45) is 0. The van der Waals surface area contributed by atoms with Crippen LogP contribution in [0.1, 0.15) is 19.5 Å². The van der Waals surface area contributed by atoms with Crippen LogP contribution < -0.4 is 5.32 Å². The molecule has 0 atom stereocenters. The molecule has 0 radical (unpaired) electrons. The number of hydrogen-bond donors (Lipinski definition) is 1. The van der Waals surface area contributed by atoms with E-state index in [1.807, 2.05) is 6.07 Å². The smallest absolute Gasteiger partial charge is 0.0705 e. The van der Waals surface area contributed by atoms with Crippen molar-refractivity contribution in [3.05, 3.63) is 42.1 Å². The molecule has 0 amide bonds. The third-order valence-corrected chi connectivity index (χ3v) is 3.69. The predicted molar refractivity (Wildman–Crippen MR) is 79.1 cm³/mol. The molecule has 1 N–H and O–H groups in total. The van der Waals surface area contributed by atoms with Crippen molar-refractivity contribution < 1.29 is 0 Å². The summed E-state index contributed by atoms with van der Waals surface area (Å²) in [4.78, 5) is 7.23. The van der Waals surface area contributed by atoms with E-state index < -0.39 is 0 Å². The number of aromatic nitrogens is 1. The van der Waals surface area contributed by atoms with Gasteiger partial charge in [0.2, 0.25) is 0 Å². The lowest BCUT2D eigenvalue weighted by molar-refractivity contribution is 0.147. The van der Waals surface area contributed by atoms with Crippen LogP contribution in [0.5, 0.6) is 0 Å². The highest BCUT2D eigenvalue weighted by atomic mass is 15.2. The number of fused-ring (bicyclic) bond motifs is 1. The quantitative estimate of drug-likeness (QED) is 0.893. The molecule has 0 saturated carbocycles. The first-order valence-corrected chi connectivity index (χ1v) is 6.94. The van der Waals surface area contributed by atoms with E-state index >= 15 is 0 Å². The van der Waals surface area contributed by atoms with Crippen molar-refractivity contribution in [2.24, 2.45) is 0 Å². The van der Waals surface area contributed by atoms with Crippen LogP contribution in [0.15, 0.2) is 36.4 Å². The zero-order valence-electron chi connectivity index (χ0n) is 11.7. The zero-order chi connectivity index (χ0) is 13.3. The Bertz CT molecular complexity index is 577. The monoisotopic (exact) mass is 255 g/mol. The Morgan fingerprint density at radius 3 is 2.89 bits per heavy atom. The minimum Gasteiger partial charge on any atom is -0.309 e. The second-order valence-corrected chi connectivity index (χ2v) is 6.02. The van der Waals surface area contributed by atoms with Gasteiger partial charge in [0.1, 0.15) is 0 Å². The summed E-state index contributed by atoms with van der Waals surface area (Å²) in [5.41, 5.74) is 2.46. The van der Waals surface area contributed by atoms with Crippen LogP contribution in [0.25, 0.3) is 10.9 Å². The van der Waals surface area contributed by atoms with E-state index in [1.165, 1.54) is 5.39 Å². The molecule has 1 aromatic carbocycles. The van der Waals surface area contributed by atoms with Gasteiger partial charge >= 0.3 is 0 Å². The highest BCUT2D eigenvalue weighted by Crippen LogP contribution is 2.16. The normalized spacial score (nSPS) is 19.7. The molecule has 0 aliphatic carbocycles. The molecule has 19 heavy (non-hydrogen) atoms. The Hall–Kier alpha value is -1.45. The first-order valence-electron chi connectivity index (χ1n) is 6.94. The first-order chi connectivity index (χ1) is 9.12. The maximum atomic E-state index is 4.76. The van der Waals surface area contributed by atoms with Gasteiger partial charge < -0.3 is 5.32 Å². The lowest BCUT2D eigenvalue weighted by atomic mass is 10.0. The third-order valence-electron chi connectivity index (χ3n) is 3.69. The van der Waals surface area contributed by atoms with E-state index in [0.717, 1.165) is 37.4 Å². The molecule has 1 fully saturated rings. The standard InChI is InChI=1S/C16H21N3/c1-16(2)12-19(10-9-17-16)11-14-8-7-13-5-3-4-6-15(13)18-14/h3-8,17H,9-12H2,1-2H3. The molecule has 1 aliphatic rings. The summed E-state index contributed by atoms with van der Waals surface area (Å²) in [5.74, 6) is 0. The summed E-state index contributed by atoms with van der Waals surface area (Å²) >= 11 is 0. The van der Waals surface area contributed by atoms with Crippen LogP contribution in [0, 0.1) is 0 Å². The second-order valence-electron chi connectivity index (χ2n) is 6.02. The van der Waals surface area contributed by atoms with Gasteiger partial charge in [-0.25, -0.2) is 0 Å². The number of nitrogens with zero attached hydrogens (tertiary/aromatic N) is 2. The number of pyridine rings is 1. The van der Waals surface area contributed by atoms with Crippen LogP contribution in [-0.4, -0.2) is 35.1 Å². The van der Waals surface area contributed by atoms with Crippen molar-refractivity contribution in [3.8, 4) is 0 Å².